The van der Waals surface area contributed by atoms with E-state index in [9.17, 15) is 10.1 Å². The SMILES string of the molecule is Cc1ccc([C@H](NCC(=O)NC2(C#N)CCCC2)c2cccs2)cc1. The normalized spacial score (nSPS) is 17.0. The molecule has 130 valence electrons. The lowest BCUT2D eigenvalue weighted by Crippen LogP contribution is -2.48. The van der Waals surface area contributed by atoms with Crippen molar-refractivity contribution >= 4 is 17.2 Å². The number of aryl methyl sites for hydroxylation is 1. The molecule has 4 nitrogen and oxygen atoms in total. The zero-order valence-corrected chi connectivity index (χ0v) is 15.2. The van der Waals surface area contributed by atoms with E-state index >= 15 is 0 Å². The van der Waals surface area contributed by atoms with Gasteiger partial charge >= 0.3 is 0 Å². The number of carbonyl (C=O) groups excluding carboxylic acids is 1. The van der Waals surface area contributed by atoms with Crippen LogP contribution in [0.4, 0.5) is 0 Å². The molecule has 5 heteroatoms. The van der Waals surface area contributed by atoms with Crippen LogP contribution in [0.3, 0.4) is 0 Å². The fraction of sp³-hybridized carbons (Fsp3) is 0.400. The molecule has 0 aliphatic heterocycles. The second-order valence-electron chi connectivity index (χ2n) is 6.69. The third kappa shape index (κ3) is 4.28. The van der Waals surface area contributed by atoms with Gasteiger partial charge in [0.1, 0.15) is 5.54 Å². The van der Waals surface area contributed by atoms with E-state index in [1.165, 1.54) is 10.4 Å². The number of carbonyl (C=O) groups is 1. The summed E-state index contributed by atoms with van der Waals surface area (Å²) in [5, 5.41) is 17.8. The van der Waals surface area contributed by atoms with Crippen molar-refractivity contribution in [2.24, 2.45) is 0 Å². The van der Waals surface area contributed by atoms with Crippen molar-refractivity contribution in [1.82, 2.24) is 10.6 Å². The van der Waals surface area contributed by atoms with Crippen molar-refractivity contribution < 1.29 is 4.79 Å². The van der Waals surface area contributed by atoms with Gasteiger partial charge in [0.05, 0.1) is 18.7 Å². The first-order valence-corrected chi connectivity index (χ1v) is 9.55. The Balaban J connectivity index is 1.68. The highest BCUT2D eigenvalue weighted by molar-refractivity contribution is 7.10. The van der Waals surface area contributed by atoms with E-state index in [1.54, 1.807) is 11.3 Å². The first-order chi connectivity index (χ1) is 12.1. The molecule has 1 heterocycles. The van der Waals surface area contributed by atoms with E-state index in [1.807, 2.05) is 11.4 Å². The van der Waals surface area contributed by atoms with Crippen LogP contribution < -0.4 is 10.6 Å². The summed E-state index contributed by atoms with van der Waals surface area (Å²) in [5.41, 5.74) is 1.68. The lowest BCUT2D eigenvalue weighted by molar-refractivity contribution is -0.121. The van der Waals surface area contributed by atoms with Gasteiger partial charge < -0.3 is 5.32 Å². The van der Waals surface area contributed by atoms with Crippen LogP contribution in [-0.2, 0) is 4.79 Å². The van der Waals surface area contributed by atoms with E-state index in [0.29, 0.717) is 0 Å². The summed E-state index contributed by atoms with van der Waals surface area (Å²) in [6.45, 7) is 2.26. The lowest BCUT2D eigenvalue weighted by atomic mass is 10.00. The highest BCUT2D eigenvalue weighted by Crippen LogP contribution is 2.29. The second kappa shape index (κ2) is 7.81. The summed E-state index contributed by atoms with van der Waals surface area (Å²) < 4.78 is 0. The smallest absolute Gasteiger partial charge is 0.235 e. The van der Waals surface area contributed by atoms with Crippen LogP contribution in [0, 0.1) is 18.3 Å². The topological polar surface area (TPSA) is 64.9 Å². The van der Waals surface area contributed by atoms with Crippen molar-refractivity contribution in [3.63, 3.8) is 0 Å². The van der Waals surface area contributed by atoms with Gasteiger partial charge in [0.15, 0.2) is 0 Å². The fourth-order valence-corrected chi connectivity index (χ4v) is 4.17. The third-order valence-corrected chi connectivity index (χ3v) is 5.69. The van der Waals surface area contributed by atoms with Gasteiger partial charge in [0, 0.05) is 4.88 Å². The Kier molecular flexibility index (Phi) is 5.52. The van der Waals surface area contributed by atoms with Gasteiger partial charge in [0.2, 0.25) is 5.91 Å². The molecule has 1 atom stereocenters. The molecule has 0 saturated heterocycles. The zero-order chi connectivity index (χ0) is 17.7. The number of amides is 1. The number of hydrogen-bond donors (Lipinski definition) is 2. The van der Waals surface area contributed by atoms with Crippen LogP contribution in [0.2, 0.25) is 0 Å². The van der Waals surface area contributed by atoms with E-state index in [2.05, 4.69) is 54.0 Å². The molecule has 1 saturated carbocycles. The van der Waals surface area contributed by atoms with Gasteiger partial charge in [-0.05, 0) is 49.6 Å². The average molecular weight is 353 g/mol. The molecule has 1 aliphatic carbocycles. The van der Waals surface area contributed by atoms with Gasteiger partial charge in [-0.25, -0.2) is 0 Å². The number of hydrogen-bond acceptors (Lipinski definition) is 4. The van der Waals surface area contributed by atoms with Crippen molar-refractivity contribution in [3.05, 3.63) is 57.8 Å². The summed E-state index contributed by atoms with van der Waals surface area (Å²) in [4.78, 5) is 13.6. The van der Waals surface area contributed by atoms with Crippen molar-refractivity contribution in [2.75, 3.05) is 6.54 Å². The number of thiophene rings is 1. The van der Waals surface area contributed by atoms with Crippen LogP contribution in [0.15, 0.2) is 41.8 Å². The molecule has 1 aromatic carbocycles. The van der Waals surface area contributed by atoms with Crippen LogP contribution in [0.5, 0.6) is 0 Å². The third-order valence-electron chi connectivity index (χ3n) is 4.75. The fourth-order valence-electron chi connectivity index (χ4n) is 3.35. The molecule has 2 N–H and O–H groups in total. The maximum absolute atomic E-state index is 12.4. The van der Waals surface area contributed by atoms with Gasteiger partial charge in [0.25, 0.3) is 0 Å². The maximum atomic E-state index is 12.4. The van der Waals surface area contributed by atoms with Crippen LogP contribution in [-0.4, -0.2) is 18.0 Å². The molecule has 0 bridgehead atoms. The van der Waals surface area contributed by atoms with Crippen molar-refractivity contribution in [3.8, 4) is 6.07 Å². The minimum Gasteiger partial charge on any atom is -0.337 e. The molecule has 2 aromatic rings. The number of nitrogens with zero attached hydrogens (tertiary/aromatic N) is 1. The summed E-state index contributed by atoms with van der Waals surface area (Å²) in [6.07, 6.45) is 3.51. The monoisotopic (exact) mass is 353 g/mol. The highest BCUT2D eigenvalue weighted by Gasteiger charge is 2.35. The molecular weight excluding hydrogens is 330 g/mol. The quantitative estimate of drug-likeness (QED) is 0.832. The molecule has 1 aliphatic rings. The van der Waals surface area contributed by atoms with Gasteiger partial charge in [-0.15, -0.1) is 11.3 Å². The number of rotatable bonds is 6. The van der Waals surface area contributed by atoms with Gasteiger partial charge in [-0.3, -0.25) is 10.1 Å². The first kappa shape index (κ1) is 17.7. The predicted molar refractivity (Wildman–Crippen MR) is 100 cm³/mol. The summed E-state index contributed by atoms with van der Waals surface area (Å²) >= 11 is 1.67. The van der Waals surface area contributed by atoms with Crippen LogP contribution >= 0.6 is 11.3 Å². The van der Waals surface area contributed by atoms with Gasteiger partial charge in [-0.2, -0.15) is 5.26 Å². The summed E-state index contributed by atoms with van der Waals surface area (Å²) in [6, 6.07) is 14.7. The Morgan fingerprint density at radius 3 is 2.60 bits per heavy atom. The largest absolute Gasteiger partial charge is 0.337 e. The number of nitriles is 1. The van der Waals surface area contributed by atoms with Crippen LogP contribution in [0.1, 0.15) is 47.7 Å². The minimum absolute atomic E-state index is 0.0204. The summed E-state index contributed by atoms with van der Waals surface area (Å²) in [7, 11) is 0. The number of nitrogens with one attached hydrogen (secondary N) is 2. The van der Waals surface area contributed by atoms with E-state index in [4.69, 9.17) is 0 Å². The molecule has 3 rings (SSSR count). The maximum Gasteiger partial charge on any atom is 0.235 e. The molecule has 0 unspecified atom stereocenters. The van der Waals surface area contributed by atoms with E-state index in [0.717, 1.165) is 31.2 Å². The Bertz CT molecular complexity index is 740. The Morgan fingerprint density at radius 2 is 2.00 bits per heavy atom. The Hall–Kier alpha value is -2.16. The molecule has 0 spiro atoms. The molecule has 1 amide bonds. The van der Waals surface area contributed by atoms with E-state index < -0.39 is 5.54 Å². The molecule has 1 fully saturated rings. The standard InChI is InChI=1S/C20H23N3OS/c1-15-6-8-16(9-7-15)19(17-5-4-12-25-17)22-13-18(24)23-20(14-21)10-2-3-11-20/h4-9,12,19,22H,2-3,10-11,13H2,1H3,(H,23,24)/t19-/m0/s1. The lowest BCUT2D eigenvalue weighted by Gasteiger charge is -2.23. The highest BCUT2D eigenvalue weighted by atomic mass is 32.1. The molecule has 25 heavy (non-hydrogen) atoms. The predicted octanol–water partition coefficient (Wildman–Crippen LogP) is 3.69. The van der Waals surface area contributed by atoms with E-state index in [-0.39, 0.29) is 18.5 Å². The second-order valence-corrected chi connectivity index (χ2v) is 7.67. The summed E-state index contributed by atoms with van der Waals surface area (Å²) in [5.74, 6) is -0.114. The van der Waals surface area contributed by atoms with Gasteiger partial charge in [-0.1, -0.05) is 35.9 Å². The minimum atomic E-state index is -0.666. The molecular formula is C20H23N3OS. The average Bonchev–Trinajstić information content (AvgIpc) is 3.29. The number of benzene rings is 1. The molecule has 1 aromatic heterocycles. The van der Waals surface area contributed by atoms with Crippen molar-refractivity contribution in [2.45, 2.75) is 44.2 Å². The van der Waals surface area contributed by atoms with Crippen molar-refractivity contribution in [1.29, 1.82) is 5.26 Å². The zero-order valence-electron chi connectivity index (χ0n) is 14.4. The first-order valence-electron chi connectivity index (χ1n) is 8.67. The Morgan fingerprint density at radius 1 is 1.28 bits per heavy atom. The Labute approximate surface area is 152 Å². The van der Waals surface area contributed by atoms with Crippen LogP contribution in [0.25, 0.3) is 0 Å². The molecule has 0 radical (unpaired) electrons.